The van der Waals surface area contributed by atoms with Gasteiger partial charge in [-0.3, -0.25) is 0 Å². The Morgan fingerprint density at radius 1 is 0.474 bits per heavy atom. The lowest BCUT2D eigenvalue weighted by Crippen LogP contribution is -2.61. The number of benzene rings is 7. The summed E-state index contributed by atoms with van der Waals surface area (Å²) in [5.74, 6) is 0. The molecule has 0 bridgehead atoms. The van der Waals surface area contributed by atoms with E-state index in [2.05, 4.69) is 206 Å². The zero-order chi connectivity index (χ0) is 39.8. The summed E-state index contributed by atoms with van der Waals surface area (Å²) in [6.07, 6.45) is 0. The van der Waals surface area contributed by atoms with Crippen LogP contribution in [-0.4, -0.2) is 6.71 Å². The molecule has 0 unspecified atom stereocenters. The molecule has 3 nitrogen and oxygen atoms in total. The summed E-state index contributed by atoms with van der Waals surface area (Å²) in [4.78, 5) is 5.09. The fraction of sp³-hybridized carbons (Fsp3) is 0.245. The van der Waals surface area contributed by atoms with Crippen LogP contribution in [0.1, 0.15) is 84.6 Å². The Kier molecular flexibility index (Phi) is 7.59. The van der Waals surface area contributed by atoms with Crippen LogP contribution in [0.5, 0.6) is 0 Å². The lowest BCUT2D eigenvalue weighted by Gasteiger charge is -2.45. The van der Waals surface area contributed by atoms with Gasteiger partial charge in [0.15, 0.2) is 0 Å². The predicted octanol–water partition coefficient (Wildman–Crippen LogP) is 13.0. The molecule has 0 fully saturated rings. The number of hydrogen-bond donors (Lipinski definition) is 0. The van der Waals surface area contributed by atoms with Crippen molar-refractivity contribution in [2.45, 2.75) is 85.5 Å². The zero-order valence-corrected chi connectivity index (χ0v) is 35.0. The van der Waals surface area contributed by atoms with Gasteiger partial charge in [-0.2, -0.15) is 0 Å². The van der Waals surface area contributed by atoms with Crippen molar-refractivity contribution in [3.05, 3.63) is 150 Å². The summed E-state index contributed by atoms with van der Waals surface area (Å²) in [6, 6.07) is 48.3. The van der Waals surface area contributed by atoms with Gasteiger partial charge in [-0.1, -0.05) is 135 Å². The smallest absolute Gasteiger partial charge is 0.252 e. The summed E-state index contributed by atoms with van der Waals surface area (Å²) in [6.45, 7) is 23.1. The molecule has 1 aromatic heterocycles. The van der Waals surface area contributed by atoms with E-state index in [0.29, 0.717) is 0 Å². The van der Waals surface area contributed by atoms with Gasteiger partial charge in [-0.05, 0) is 122 Å². The zero-order valence-electron chi connectivity index (χ0n) is 35.0. The van der Waals surface area contributed by atoms with Crippen molar-refractivity contribution in [3.8, 4) is 0 Å². The molecule has 7 aromatic carbocycles. The number of anilines is 6. The van der Waals surface area contributed by atoms with Gasteiger partial charge in [-0.15, -0.1) is 0 Å². The Bertz CT molecular complexity index is 2930. The molecule has 2 aliphatic heterocycles. The Balaban J connectivity index is 1.32. The molecule has 10 rings (SSSR count). The number of rotatable bonds is 2. The van der Waals surface area contributed by atoms with E-state index in [1.54, 1.807) is 0 Å². The van der Waals surface area contributed by atoms with Gasteiger partial charge in [0, 0.05) is 39.2 Å². The average Bonchev–Trinajstić information content (AvgIpc) is 3.56. The van der Waals surface area contributed by atoms with Crippen molar-refractivity contribution in [2.75, 3.05) is 9.80 Å². The molecule has 0 spiro atoms. The molecule has 3 heterocycles. The Morgan fingerprint density at radius 3 is 1.68 bits per heavy atom. The maximum atomic E-state index is 6.80. The van der Waals surface area contributed by atoms with E-state index in [1.165, 1.54) is 72.5 Å². The molecule has 0 atom stereocenters. The monoisotopic (exact) mass is 742 g/mol. The summed E-state index contributed by atoms with van der Waals surface area (Å²) in [5.41, 5.74) is 18.4. The second kappa shape index (κ2) is 12.1. The normalized spacial score (nSPS) is 14.0. The van der Waals surface area contributed by atoms with E-state index in [9.17, 15) is 0 Å². The first-order chi connectivity index (χ1) is 27.1. The SMILES string of the molecule is Cc1cc2c3c(c1)N(c1cccc4oc5c6ccccc6ccc5c14)c1ccc(C(C)(C)C)cc1B3c1cc(C(C)(C)C)ccc1N2c1ccc(C(C)(C)C)cc1. The van der Waals surface area contributed by atoms with Crippen molar-refractivity contribution >= 4 is 89.9 Å². The quantitative estimate of drug-likeness (QED) is 0.164. The van der Waals surface area contributed by atoms with E-state index in [-0.39, 0.29) is 23.0 Å². The Morgan fingerprint density at radius 2 is 1.05 bits per heavy atom. The Hall–Kier alpha value is -5.74. The van der Waals surface area contributed by atoms with Crippen LogP contribution in [0.2, 0.25) is 0 Å². The van der Waals surface area contributed by atoms with Crippen LogP contribution < -0.4 is 26.2 Å². The second-order valence-electron chi connectivity index (χ2n) is 19.6. The van der Waals surface area contributed by atoms with Crippen LogP contribution in [0.15, 0.2) is 132 Å². The Labute approximate surface area is 338 Å². The maximum absolute atomic E-state index is 6.80. The highest BCUT2D eigenvalue weighted by atomic mass is 16.3. The molecule has 2 aliphatic rings. The molecule has 282 valence electrons. The van der Waals surface area contributed by atoms with Crippen molar-refractivity contribution in [1.29, 1.82) is 0 Å². The third-order valence-corrected chi connectivity index (χ3v) is 12.5. The largest absolute Gasteiger partial charge is 0.455 e. The minimum atomic E-state index is -0.0241. The van der Waals surface area contributed by atoms with Crippen molar-refractivity contribution in [1.82, 2.24) is 0 Å². The first-order valence-electron chi connectivity index (χ1n) is 20.6. The van der Waals surface area contributed by atoms with Gasteiger partial charge in [0.1, 0.15) is 11.2 Å². The number of hydrogen-bond acceptors (Lipinski definition) is 3. The highest BCUT2D eigenvalue weighted by Crippen LogP contribution is 2.49. The van der Waals surface area contributed by atoms with Gasteiger partial charge in [0.2, 0.25) is 0 Å². The first-order valence-corrected chi connectivity index (χ1v) is 20.6. The topological polar surface area (TPSA) is 19.6 Å². The minimum absolute atomic E-state index is 0.0104. The maximum Gasteiger partial charge on any atom is 0.252 e. The highest BCUT2D eigenvalue weighted by molar-refractivity contribution is 7.00. The molecule has 0 N–H and O–H groups in total. The molecule has 0 aliphatic carbocycles. The molecule has 0 amide bonds. The van der Waals surface area contributed by atoms with E-state index < -0.39 is 0 Å². The summed E-state index contributed by atoms with van der Waals surface area (Å²) in [7, 11) is 0. The van der Waals surface area contributed by atoms with Gasteiger partial charge in [-0.25, -0.2) is 0 Å². The van der Waals surface area contributed by atoms with Crippen LogP contribution >= 0.6 is 0 Å². The van der Waals surface area contributed by atoms with Crippen LogP contribution in [0.3, 0.4) is 0 Å². The van der Waals surface area contributed by atoms with Crippen LogP contribution in [0, 0.1) is 6.92 Å². The molecule has 0 radical (unpaired) electrons. The molecule has 0 saturated carbocycles. The van der Waals surface area contributed by atoms with Crippen LogP contribution in [-0.2, 0) is 16.2 Å². The fourth-order valence-electron chi connectivity index (χ4n) is 9.44. The van der Waals surface area contributed by atoms with Gasteiger partial charge in [0.05, 0.1) is 11.1 Å². The van der Waals surface area contributed by atoms with Crippen molar-refractivity contribution in [3.63, 3.8) is 0 Å². The van der Waals surface area contributed by atoms with E-state index in [0.717, 1.165) is 33.0 Å². The van der Waals surface area contributed by atoms with Crippen LogP contribution in [0.4, 0.5) is 34.1 Å². The number of fused-ring (bicyclic) bond motifs is 9. The summed E-state index contributed by atoms with van der Waals surface area (Å²) < 4.78 is 6.80. The second-order valence-corrected chi connectivity index (χ2v) is 19.6. The standard InChI is InChI=1S/C53H51BN2O/c1-32-28-45-49-46(29-32)56(44-16-13-17-47-48(44)39-25-18-33-14-11-12-15-38(33)50(39)57-47)43-27-22-36(53(8,9)10)31-41(43)54(49)40-30-35(52(5,6)7)21-26-42(40)55(45)37-23-19-34(20-24-37)51(2,3)4/h11-31H,1-10H3. The molecular weight excluding hydrogens is 691 g/mol. The first kappa shape index (κ1) is 35.7. The van der Waals surface area contributed by atoms with Gasteiger partial charge >= 0.3 is 0 Å². The third-order valence-electron chi connectivity index (χ3n) is 12.5. The molecule has 57 heavy (non-hydrogen) atoms. The lowest BCUT2D eigenvalue weighted by molar-refractivity contribution is 0.590. The van der Waals surface area contributed by atoms with Crippen molar-refractivity contribution < 1.29 is 4.42 Å². The highest BCUT2D eigenvalue weighted by Gasteiger charge is 2.44. The summed E-state index contributed by atoms with van der Waals surface area (Å²) >= 11 is 0. The minimum Gasteiger partial charge on any atom is -0.455 e. The fourth-order valence-corrected chi connectivity index (χ4v) is 9.44. The van der Waals surface area contributed by atoms with E-state index in [1.807, 2.05) is 0 Å². The summed E-state index contributed by atoms with van der Waals surface area (Å²) in [5, 5.41) is 4.59. The van der Waals surface area contributed by atoms with Crippen LogP contribution in [0.25, 0.3) is 32.7 Å². The number of furan rings is 1. The molecule has 8 aromatic rings. The molecular formula is C53H51BN2O. The van der Waals surface area contributed by atoms with E-state index in [4.69, 9.17) is 4.42 Å². The molecule has 0 saturated heterocycles. The molecule has 4 heteroatoms. The van der Waals surface area contributed by atoms with Gasteiger partial charge < -0.3 is 14.2 Å². The van der Waals surface area contributed by atoms with Crippen molar-refractivity contribution in [2.24, 2.45) is 0 Å². The number of aryl methyl sites for hydroxylation is 1. The average molecular weight is 743 g/mol. The van der Waals surface area contributed by atoms with E-state index >= 15 is 0 Å². The lowest BCUT2D eigenvalue weighted by atomic mass is 9.33. The predicted molar refractivity (Wildman–Crippen MR) is 246 cm³/mol. The third kappa shape index (κ3) is 5.47. The van der Waals surface area contributed by atoms with Gasteiger partial charge in [0.25, 0.3) is 6.71 Å². The number of nitrogens with zero attached hydrogens (tertiary/aromatic N) is 2.